The molecule has 2 aromatic carbocycles. The van der Waals surface area contributed by atoms with Gasteiger partial charge in [0.25, 0.3) is 0 Å². The van der Waals surface area contributed by atoms with Gasteiger partial charge in [-0.05, 0) is 69.0 Å². The average molecular weight is 515 g/mol. The second kappa shape index (κ2) is 12.6. The monoisotopic (exact) mass is 514 g/mol. The van der Waals surface area contributed by atoms with Crippen molar-refractivity contribution in [1.29, 1.82) is 0 Å². The third kappa shape index (κ3) is 8.71. The lowest BCUT2D eigenvalue weighted by molar-refractivity contribution is -0.0907. The van der Waals surface area contributed by atoms with Crippen molar-refractivity contribution < 1.29 is 28.8 Å². The number of benzene rings is 2. The van der Waals surface area contributed by atoms with E-state index in [-0.39, 0.29) is 35.2 Å². The van der Waals surface area contributed by atoms with Crippen LogP contribution < -0.4 is 9.47 Å². The van der Waals surface area contributed by atoms with Gasteiger partial charge in [0.15, 0.2) is 0 Å². The molecule has 1 heterocycles. The first-order valence-corrected chi connectivity index (χ1v) is 13.4. The smallest absolute Gasteiger partial charge is 0.119 e. The molecular weight excluding hydrogens is 468 g/mol. The minimum absolute atomic E-state index is 0.0303. The largest absolute Gasteiger partial charge is 0.491 e. The van der Waals surface area contributed by atoms with Crippen LogP contribution in [0.5, 0.6) is 11.5 Å². The standard InChI is InChI=1S/C31H46O6/c1-21(2)28(32)19-33-22(3)17-34-26-13-9-24(10-14-26)30(5,6)25-11-15-27(16-12-25)35-18-23(4)37-31(7,8)29-20-36-29/h9-16,21-23,28-29,32H,17-20H2,1-8H3. The van der Waals surface area contributed by atoms with Crippen molar-refractivity contribution in [2.24, 2.45) is 5.92 Å². The first-order chi connectivity index (χ1) is 17.4. The van der Waals surface area contributed by atoms with E-state index >= 15 is 0 Å². The molecule has 6 nitrogen and oxygen atoms in total. The molecule has 1 aliphatic heterocycles. The number of hydrogen-bond donors (Lipinski definition) is 1. The molecule has 4 unspecified atom stereocenters. The van der Waals surface area contributed by atoms with E-state index in [4.69, 9.17) is 23.7 Å². The summed E-state index contributed by atoms with van der Waals surface area (Å²) in [5.41, 5.74) is 1.94. The van der Waals surface area contributed by atoms with Crippen LogP contribution in [0.4, 0.5) is 0 Å². The highest BCUT2D eigenvalue weighted by Crippen LogP contribution is 2.34. The molecule has 1 saturated heterocycles. The molecule has 3 rings (SSSR count). The van der Waals surface area contributed by atoms with Gasteiger partial charge in [-0.15, -0.1) is 0 Å². The minimum atomic E-state index is -0.456. The number of aliphatic hydroxyl groups is 1. The van der Waals surface area contributed by atoms with E-state index < -0.39 is 6.10 Å². The maximum atomic E-state index is 9.90. The molecular formula is C31H46O6. The highest BCUT2D eigenvalue weighted by atomic mass is 16.6. The van der Waals surface area contributed by atoms with Crippen molar-refractivity contribution in [3.63, 3.8) is 0 Å². The number of rotatable bonds is 15. The third-order valence-electron chi connectivity index (χ3n) is 7.06. The summed E-state index contributed by atoms with van der Waals surface area (Å²) in [7, 11) is 0. The van der Waals surface area contributed by atoms with Crippen molar-refractivity contribution in [1.82, 2.24) is 0 Å². The zero-order valence-electron chi connectivity index (χ0n) is 23.8. The van der Waals surface area contributed by atoms with E-state index in [0.29, 0.717) is 19.8 Å². The van der Waals surface area contributed by atoms with Crippen LogP contribution >= 0.6 is 0 Å². The summed E-state index contributed by atoms with van der Waals surface area (Å²) in [4.78, 5) is 0. The molecule has 0 amide bonds. The molecule has 6 heteroatoms. The molecule has 1 aliphatic rings. The number of epoxide rings is 1. The summed E-state index contributed by atoms with van der Waals surface area (Å²) in [5.74, 6) is 1.81. The van der Waals surface area contributed by atoms with Gasteiger partial charge in [0, 0.05) is 5.41 Å². The molecule has 4 atom stereocenters. The van der Waals surface area contributed by atoms with Gasteiger partial charge >= 0.3 is 0 Å². The SMILES string of the molecule is CC(COc1ccc(C(C)(C)c2ccc(OCC(C)OC(C)(C)C3CO3)cc2)cc1)OCC(O)C(C)C. The van der Waals surface area contributed by atoms with Crippen LogP contribution in [0.2, 0.25) is 0 Å². The first kappa shape index (κ1) is 29.4. The molecule has 0 spiro atoms. The molecule has 0 saturated carbocycles. The maximum Gasteiger partial charge on any atom is 0.119 e. The van der Waals surface area contributed by atoms with E-state index in [0.717, 1.165) is 18.1 Å². The maximum absolute atomic E-state index is 9.90. The highest BCUT2D eigenvalue weighted by molar-refractivity contribution is 5.41. The summed E-state index contributed by atoms with van der Waals surface area (Å²) < 4.78 is 29.1. The molecule has 1 fully saturated rings. The summed E-state index contributed by atoms with van der Waals surface area (Å²) in [6.07, 6.45) is -0.401. The fourth-order valence-electron chi connectivity index (χ4n) is 4.11. The predicted octanol–water partition coefficient (Wildman–Crippen LogP) is 5.77. The Labute approximate surface area is 223 Å². The van der Waals surface area contributed by atoms with Crippen LogP contribution in [0, 0.1) is 5.92 Å². The van der Waals surface area contributed by atoms with Gasteiger partial charge in [0.05, 0.1) is 37.1 Å². The van der Waals surface area contributed by atoms with Gasteiger partial charge in [-0.1, -0.05) is 52.0 Å². The lowest BCUT2D eigenvalue weighted by Gasteiger charge is -2.28. The Hall–Kier alpha value is -2.12. The topological polar surface area (TPSA) is 69.7 Å². The molecule has 0 radical (unpaired) electrons. The van der Waals surface area contributed by atoms with Crippen molar-refractivity contribution in [2.75, 3.05) is 26.4 Å². The number of aliphatic hydroxyl groups excluding tert-OH is 1. The zero-order valence-corrected chi connectivity index (χ0v) is 23.8. The van der Waals surface area contributed by atoms with E-state index in [9.17, 15) is 5.11 Å². The fraction of sp³-hybridized carbons (Fsp3) is 0.613. The van der Waals surface area contributed by atoms with E-state index in [1.807, 2.05) is 52.0 Å². The fourth-order valence-corrected chi connectivity index (χ4v) is 4.11. The van der Waals surface area contributed by atoms with Crippen molar-refractivity contribution in [3.8, 4) is 11.5 Å². The van der Waals surface area contributed by atoms with Gasteiger partial charge in [-0.3, -0.25) is 0 Å². The van der Waals surface area contributed by atoms with Crippen molar-refractivity contribution in [2.45, 2.75) is 90.8 Å². The first-order valence-electron chi connectivity index (χ1n) is 13.4. The van der Waals surface area contributed by atoms with E-state index in [2.05, 4.69) is 52.0 Å². The summed E-state index contributed by atoms with van der Waals surface area (Å²) in [5, 5.41) is 9.90. The molecule has 2 aromatic rings. The number of ether oxygens (including phenoxy) is 5. The van der Waals surface area contributed by atoms with Crippen LogP contribution in [0.1, 0.15) is 66.5 Å². The summed E-state index contributed by atoms with van der Waals surface area (Å²) in [6, 6.07) is 16.5. The Bertz CT molecular complexity index is 947. The van der Waals surface area contributed by atoms with Crippen LogP contribution in [-0.4, -0.2) is 61.6 Å². The second-order valence-corrected chi connectivity index (χ2v) is 11.6. The summed E-state index contributed by atoms with van der Waals surface area (Å²) in [6.45, 7) is 18.5. The molecule has 206 valence electrons. The predicted molar refractivity (Wildman–Crippen MR) is 147 cm³/mol. The van der Waals surface area contributed by atoms with E-state index in [1.165, 1.54) is 11.1 Å². The van der Waals surface area contributed by atoms with Crippen LogP contribution in [0.15, 0.2) is 48.5 Å². The second-order valence-electron chi connectivity index (χ2n) is 11.6. The average Bonchev–Trinajstić information content (AvgIpc) is 3.71. The normalized spacial score (nSPS) is 18.4. The van der Waals surface area contributed by atoms with Gasteiger partial charge in [-0.25, -0.2) is 0 Å². The highest BCUT2D eigenvalue weighted by Gasteiger charge is 2.41. The quantitative estimate of drug-likeness (QED) is 0.304. The lowest BCUT2D eigenvalue weighted by Crippen LogP contribution is -2.37. The Morgan fingerprint density at radius 2 is 1.24 bits per heavy atom. The number of hydrogen-bond acceptors (Lipinski definition) is 6. The van der Waals surface area contributed by atoms with Gasteiger partial charge in [-0.2, -0.15) is 0 Å². The Morgan fingerprint density at radius 3 is 1.68 bits per heavy atom. The van der Waals surface area contributed by atoms with Gasteiger partial charge < -0.3 is 28.8 Å². The lowest BCUT2D eigenvalue weighted by atomic mass is 9.78. The van der Waals surface area contributed by atoms with Crippen molar-refractivity contribution >= 4 is 0 Å². The Morgan fingerprint density at radius 1 is 0.784 bits per heavy atom. The van der Waals surface area contributed by atoms with Crippen LogP contribution in [-0.2, 0) is 19.6 Å². The van der Waals surface area contributed by atoms with Gasteiger partial charge in [0.2, 0.25) is 0 Å². The van der Waals surface area contributed by atoms with E-state index in [1.54, 1.807) is 0 Å². The third-order valence-corrected chi connectivity index (χ3v) is 7.06. The summed E-state index contributed by atoms with van der Waals surface area (Å²) >= 11 is 0. The molecule has 0 aromatic heterocycles. The van der Waals surface area contributed by atoms with Crippen LogP contribution in [0.25, 0.3) is 0 Å². The Kier molecular flexibility index (Phi) is 10.0. The zero-order chi connectivity index (χ0) is 27.2. The molecule has 37 heavy (non-hydrogen) atoms. The molecule has 1 N–H and O–H groups in total. The minimum Gasteiger partial charge on any atom is -0.491 e. The Balaban J connectivity index is 1.49. The van der Waals surface area contributed by atoms with Gasteiger partial charge in [0.1, 0.15) is 30.8 Å². The molecule has 0 aliphatic carbocycles. The van der Waals surface area contributed by atoms with Crippen LogP contribution in [0.3, 0.4) is 0 Å². The van der Waals surface area contributed by atoms with Crippen molar-refractivity contribution in [3.05, 3.63) is 59.7 Å². The molecule has 0 bridgehead atoms.